The van der Waals surface area contributed by atoms with Crippen molar-refractivity contribution < 1.29 is 9.18 Å². The SMILES string of the molecule is Cc1nc(SCC(=O)Nc2cc(N)ccc2F)n[nH]1. The molecule has 0 saturated carbocycles. The van der Waals surface area contributed by atoms with Gasteiger partial charge in [0.1, 0.15) is 11.6 Å². The molecular formula is C11H12FN5OS. The van der Waals surface area contributed by atoms with Crippen LogP contribution in [0.5, 0.6) is 0 Å². The van der Waals surface area contributed by atoms with Gasteiger partial charge in [0.15, 0.2) is 0 Å². The number of aromatic amines is 1. The summed E-state index contributed by atoms with van der Waals surface area (Å²) in [7, 11) is 0. The van der Waals surface area contributed by atoms with Gasteiger partial charge in [0.2, 0.25) is 11.1 Å². The van der Waals surface area contributed by atoms with Crippen LogP contribution in [0.25, 0.3) is 0 Å². The number of carbonyl (C=O) groups is 1. The van der Waals surface area contributed by atoms with Crippen molar-refractivity contribution in [3.63, 3.8) is 0 Å². The number of hydrogen-bond donors (Lipinski definition) is 3. The maximum atomic E-state index is 13.4. The molecule has 19 heavy (non-hydrogen) atoms. The third kappa shape index (κ3) is 3.68. The molecule has 0 aliphatic heterocycles. The highest BCUT2D eigenvalue weighted by molar-refractivity contribution is 7.99. The Bertz CT molecular complexity index is 601. The number of H-pyrrole nitrogens is 1. The number of benzene rings is 1. The van der Waals surface area contributed by atoms with Crippen molar-refractivity contribution in [2.45, 2.75) is 12.1 Å². The summed E-state index contributed by atoms with van der Waals surface area (Å²) in [5.74, 6) is -0.117. The van der Waals surface area contributed by atoms with Gasteiger partial charge in [-0.1, -0.05) is 11.8 Å². The van der Waals surface area contributed by atoms with Crippen LogP contribution in [0.1, 0.15) is 5.82 Å². The van der Waals surface area contributed by atoms with E-state index in [2.05, 4.69) is 20.5 Å². The Morgan fingerprint density at radius 3 is 3.05 bits per heavy atom. The number of nitrogens with two attached hydrogens (primary N) is 1. The average Bonchev–Trinajstić information content (AvgIpc) is 2.77. The van der Waals surface area contributed by atoms with Crippen LogP contribution in [-0.4, -0.2) is 26.8 Å². The van der Waals surface area contributed by atoms with Gasteiger partial charge in [0.25, 0.3) is 0 Å². The van der Waals surface area contributed by atoms with Gasteiger partial charge >= 0.3 is 0 Å². The van der Waals surface area contributed by atoms with E-state index in [0.29, 0.717) is 16.7 Å². The molecule has 2 rings (SSSR count). The van der Waals surface area contributed by atoms with Crippen LogP contribution in [-0.2, 0) is 4.79 Å². The second kappa shape index (κ2) is 5.70. The lowest BCUT2D eigenvalue weighted by Crippen LogP contribution is -2.15. The van der Waals surface area contributed by atoms with Gasteiger partial charge in [0.05, 0.1) is 11.4 Å². The minimum atomic E-state index is -0.527. The molecule has 1 amide bonds. The molecule has 1 aromatic heterocycles. The summed E-state index contributed by atoms with van der Waals surface area (Å²) >= 11 is 1.16. The second-order valence-electron chi connectivity index (χ2n) is 3.78. The first-order valence-corrected chi connectivity index (χ1v) is 6.40. The molecule has 0 atom stereocenters. The fourth-order valence-corrected chi connectivity index (χ4v) is 1.99. The lowest BCUT2D eigenvalue weighted by molar-refractivity contribution is -0.113. The molecule has 6 nitrogen and oxygen atoms in total. The molecule has 0 saturated heterocycles. The van der Waals surface area contributed by atoms with Crippen LogP contribution < -0.4 is 11.1 Å². The summed E-state index contributed by atoms with van der Waals surface area (Å²) in [5, 5.41) is 9.47. The number of hydrogen-bond acceptors (Lipinski definition) is 5. The molecule has 0 aliphatic rings. The first-order valence-electron chi connectivity index (χ1n) is 5.41. The van der Waals surface area contributed by atoms with Gasteiger partial charge in [-0.3, -0.25) is 9.89 Å². The van der Waals surface area contributed by atoms with E-state index in [4.69, 9.17) is 5.73 Å². The highest BCUT2D eigenvalue weighted by atomic mass is 32.2. The molecule has 100 valence electrons. The summed E-state index contributed by atoms with van der Waals surface area (Å²) < 4.78 is 13.4. The van der Waals surface area contributed by atoms with Crippen LogP contribution in [0, 0.1) is 12.7 Å². The maximum Gasteiger partial charge on any atom is 0.234 e. The first-order chi connectivity index (χ1) is 9.04. The number of carbonyl (C=O) groups excluding carboxylic acids is 1. The van der Waals surface area contributed by atoms with Crippen molar-refractivity contribution in [2.24, 2.45) is 0 Å². The van der Waals surface area contributed by atoms with Gasteiger partial charge in [0, 0.05) is 5.69 Å². The van der Waals surface area contributed by atoms with Crippen LogP contribution in [0.2, 0.25) is 0 Å². The molecule has 0 aliphatic carbocycles. The predicted molar refractivity (Wildman–Crippen MR) is 71.3 cm³/mol. The van der Waals surface area contributed by atoms with Crippen molar-refractivity contribution >= 4 is 29.0 Å². The number of nitrogen functional groups attached to an aromatic ring is 1. The minimum absolute atomic E-state index is 0.0665. The first kappa shape index (κ1) is 13.3. The second-order valence-corrected chi connectivity index (χ2v) is 4.72. The van der Waals surface area contributed by atoms with Gasteiger partial charge < -0.3 is 11.1 Å². The van der Waals surface area contributed by atoms with E-state index in [-0.39, 0.29) is 17.3 Å². The normalized spacial score (nSPS) is 10.4. The number of rotatable bonds is 4. The van der Waals surface area contributed by atoms with E-state index in [1.165, 1.54) is 18.2 Å². The summed E-state index contributed by atoms with van der Waals surface area (Å²) in [4.78, 5) is 15.7. The quantitative estimate of drug-likeness (QED) is 0.584. The van der Waals surface area contributed by atoms with E-state index in [0.717, 1.165) is 11.8 Å². The van der Waals surface area contributed by atoms with Crippen LogP contribution in [0.4, 0.5) is 15.8 Å². The predicted octanol–water partition coefficient (Wildman–Crippen LogP) is 1.57. The van der Waals surface area contributed by atoms with Crippen LogP contribution in [0.3, 0.4) is 0 Å². The fraction of sp³-hybridized carbons (Fsp3) is 0.182. The standard InChI is InChI=1S/C11H12FN5OS/c1-6-14-11(17-16-6)19-5-10(18)15-9-4-7(13)2-3-8(9)12/h2-4H,5,13H2,1H3,(H,15,18)(H,14,16,17). The minimum Gasteiger partial charge on any atom is -0.399 e. The maximum absolute atomic E-state index is 13.4. The molecule has 0 radical (unpaired) electrons. The number of amides is 1. The largest absolute Gasteiger partial charge is 0.399 e. The van der Waals surface area contributed by atoms with E-state index >= 15 is 0 Å². The number of nitrogens with one attached hydrogen (secondary N) is 2. The molecule has 1 heterocycles. The third-order valence-corrected chi connectivity index (χ3v) is 3.02. The molecule has 0 fully saturated rings. The number of halogens is 1. The Morgan fingerprint density at radius 1 is 1.58 bits per heavy atom. The van der Waals surface area contributed by atoms with Crippen LogP contribution in [0.15, 0.2) is 23.4 Å². The molecule has 2 aromatic rings. The number of aryl methyl sites for hydroxylation is 1. The smallest absolute Gasteiger partial charge is 0.234 e. The molecule has 0 bridgehead atoms. The molecule has 8 heteroatoms. The fourth-order valence-electron chi connectivity index (χ4n) is 1.34. The van der Waals surface area contributed by atoms with Crippen molar-refractivity contribution in [3.8, 4) is 0 Å². The van der Waals surface area contributed by atoms with Crippen LogP contribution >= 0.6 is 11.8 Å². The van der Waals surface area contributed by atoms with Gasteiger partial charge in [-0.25, -0.2) is 9.37 Å². The third-order valence-electron chi connectivity index (χ3n) is 2.17. The lowest BCUT2D eigenvalue weighted by Gasteiger charge is -2.06. The Morgan fingerprint density at radius 2 is 2.37 bits per heavy atom. The Balaban J connectivity index is 1.92. The highest BCUT2D eigenvalue weighted by Crippen LogP contribution is 2.18. The molecular weight excluding hydrogens is 269 g/mol. The highest BCUT2D eigenvalue weighted by Gasteiger charge is 2.09. The van der Waals surface area contributed by atoms with Gasteiger partial charge in [-0.05, 0) is 25.1 Å². The zero-order valence-corrected chi connectivity index (χ0v) is 10.9. The Labute approximate surface area is 113 Å². The van der Waals surface area contributed by atoms with Gasteiger partial charge in [-0.15, -0.1) is 5.10 Å². The van der Waals surface area contributed by atoms with E-state index in [1.54, 1.807) is 6.92 Å². The topological polar surface area (TPSA) is 96.7 Å². The Kier molecular flexibility index (Phi) is 4.00. The lowest BCUT2D eigenvalue weighted by atomic mass is 10.2. The number of thioether (sulfide) groups is 1. The van der Waals surface area contributed by atoms with Crippen molar-refractivity contribution in [2.75, 3.05) is 16.8 Å². The molecule has 1 aromatic carbocycles. The molecule has 0 spiro atoms. The van der Waals surface area contributed by atoms with E-state index in [9.17, 15) is 9.18 Å². The molecule has 0 unspecified atom stereocenters. The van der Waals surface area contributed by atoms with E-state index in [1.807, 2.05) is 0 Å². The zero-order chi connectivity index (χ0) is 13.8. The van der Waals surface area contributed by atoms with Gasteiger partial charge in [-0.2, -0.15) is 0 Å². The number of nitrogens with zero attached hydrogens (tertiary/aromatic N) is 2. The van der Waals surface area contributed by atoms with Crippen molar-refractivity contribution in [3.05, 3.63) is 29.8 Å². The number of anilines is 2. The number of aromatic nitrogens is 3. The van der Waals surface area contributed by atoms with Crippen molar-refractivity contribution in [1.82, 2.24) is 15.2 Å². The van der Waals surface area contributed by atoms with E-state index < -0.39 is 5.82 Å². The average molecular weight is 281 g/mol. The summed E-state index contributed by atoms with van der Waals surface area (Å²) in [5.41, 5.74) is 5.97. The Hall–Kier alpha value is -2.09. The monoisotopic (exact) mass is 281 g/mol. The van der Waals surface area contributed by atoms with Crippen molar-refractivity contribution in [1.29, 1.82) is 0 Å². The summed E-state index contributed by atoms with van der Waals surface area (Å²) in [6.07, 6.45) is 0. The molecule has 4 N–H and O–H groups in total. The summed E-state index contributed by atoms with van der Waals surface area (Å²) in [6, 6.07) is 4.00. The summed E-state index contributed by atoms with van der Waals surface area (Å²) in [6.45, 7) is 1.76. The zero-order valence-electron chi connectivity index (χ0n) is 10.1.